The van der Waals surface area contributed by atoms with Crippen LogP contribution in [-0.4, -0.2) is 24.9 Å². The lowest BCUT2D eigenvalue weighted by Gasteiger charge is -2.04. The lowest BCUT2D eigenvalue weighted by molar-refractivity contribution is -0.120. The van der Waals surface area contributed by atoms with Crippen LogP contribution in [0.5, 0.6) is 0 Å². The van der Waals surface area contributed by atoms with Gasteiger partial charge in [0.1, 0.15) is 6.42 Å². The second-order valence-electron chi connectivity index (χ2n) is 3.40. The highest BCUT2D eigenvalue weighted by molar-refractivity contribution is 9.10. The first-order valence-electron chi connectivity index (χ1n) is 5.30. The molecule has 1 aromatic rings. The molecule has 0 saturated heterocycles. The van der Waals surface area contributed by atoms with Crippen LogP contribution in [-0.2, 0) is 4.79 Å². The minimum absolute atomic E-state index is 0.146. The number of hydrogen-bond acceptors (Lipinski definition) is 4. The van der Waals surface area contributed by atoms with Crippen molar-refractivity contribution in [1.82, 2.24) is 10.6 Å². The number of halogens is 1. The van der Waals surface area contributed by atoms with E-state index in [2.05, 4.69) is 26.6 Å². The maximum absolute atomic E-state index is 11.5. The van der Waals surface area contributed by atoms with Crippen molar-refractivity contribution < 1.29 is 14.0 Å². The van der Waals surface area contributed by atoms with Gasteiger partial charge in [-0.2, -0.15) is 5.26 Å². The molecule has 0 bridgehead atoms. The fourth-order valence-electron chi connectivity index (χ4n) is 1.18. The minimum Gasteiger partial charge on any atom is -0.444 e. The van der Waals surface area contributed by atoms with E-state index in [4.69, 9.17) is 9.68 Å². The number of nitriles is 1. The predicted octanol–water partition coefficient (Wildman–Crippen LogP) is 1.19. The molecule has 96 valence electrons. The number of amides is 2. The Morgan fingerprint density at radius 2 is 2.06 bits per heavy atom. The second-order valence-corrected chi connectivity index (χ2v) is 4.18. The summed E-state index contributed by atoms with van der Waals surface area (Å²) in [5, 5.41) is 13.5. The van der Waals surface area contributed by atoms with Gasteiger partial charge in [0.05, 0.1) is 6.07 Å². The van der Waals surface area contributed by atoms with Crippen molar-refractivity contribution in [2.75, 3.05) is 13.1 Å². The Kier molecular flexibility index (Phi) is 5.94. The molecule has 1 aromatic heterocycles. The quantitative estimate of drug-likeness (QED) is 0.771. The lowest BCUT2D eigenvalue weighted by atomic mass is 10.3. The molecule has 7 heteroatoms. The second kappa shape index (κ2) is 7.50. The Morgan fingerprint density at radius 3 is 2.67 bits per heavy atom. The Bertz CT molecular complexity index is 464. The fourth-order valence-corrected chi connectivity index (χ4v) is 1.48. The summed E-state index contributed by atoms with van der Waals surface area (Å²) in [5.41, 5.74) is 0. The van der Waals surface area contributed by atoms with Crippen molar-refractivity contribution in [2.24, 2.45) is 0 Å². The van der Waals surface area contributed by atoms with Crippen LogP contribution >= 0.6 is 15.9 Å². The molecular formula is C11H12BrN3O3. The molecule has 18 heavy (non-hydrogen) atoms. The highest BCUT2D eigenvalue weighted by Gasteiger charge is 2.09. The summed E-state index contributed by atoms with van der Waals surface area (Å²) in [4.78, 5) is 22.4. The van der Waals surface area contributed by atoms with E-state index in [0.29, 0.717) is 24.2 Å². The molecule has 0 aliphatic heterocycles. The van der Waals surface area contributed by atoms with Gasteiger partial charge in [-0.05, 0) is 34.5 Å². The minimum atomic E-state index is -0.307. The van der Waals surface area contributed by atoms with Crippen molar-refractivity contribution in [3.8, 4) is 6.07 Å². The zero-order chi connectivity index (χ0) is 13.4. The molecular weight excluding hydrogens is 302 g/mol. The van der Waals surface area contributed by atoms with Crippen molar-refractivity contribution in [1.29, 1.82) is 5.26 Å². The fraction of sp³-hybridized carbons (Fsp3) is 0.364. The van der Waals surface area contributed by atoms with Crippen LogP contribution in [0.1, 0.15) is 23.4 Å². The number of rotatable bonds is 6. The van der Waals surface area contributed by atoms with Crippen LogP contribution in [0.4, 0.5) is 0 Å². The van der Waals surface area contributed by atoms with E-state index in [1.165, 1.54) is 0 Å². The van der Waals surface area contributed by atoms with Crippen LogP contribution in [0.15, 0.2) is 21.2 Å². The molecule has 0 fully saturated rings. The molecule has 2 amide bonds. The first kappa shape index (κ1) is 14.3. The van der Waals surface area contributed by atoms with Crippen molar-refractivity contribution in [3.63, 3.8) is 0 Å². The largest absolute Gasteiger partial charge is 0.444 e. The summed E-state index contributed by atoms with van der Waals surface area (Å²) in [7, 11) is 0. The molecule has 0 aromatic carbocycles. The molecule has 0 aliphatic rings. The summed E-state index contributed by atoms with van der Waals surface area (Å²) in [6, 6.07) is 4.95. The third-order valence-corrected chi connectivity index (χ3v) is 2.42. The van der Waals surface area contributed by atoms with Gasteiger partial charge in [0.15, 0.2) is 10.4 Å². The topological polar surface area (TPSA) is 95.1 Å². The number of nitrogens with zero attached hydrogens (tertiary/aromatic N) is 1. The van der Waals surface area contributed by atoms with Crippen LogP contribution in [0.2, 0.25) is 0 Å². The smallest absolute Gasteiger partial charge is 0.287 e. The van der Waals surface area contributed by atoms with Gasteiger partial charge in [-0.25, -0.2) is 0 Å². The van der Waals surface area contributed by atoms with Gasteiger partial charge in [-0.1, -0.05) is 0 Å². The standard InChI is InChI=1S/C11H12BrN3O3/c12-9-3-2-8(18-9)11(17)15-7-1-6-14-10(16)4-5-13/h2-3H,1,4,6-7H2,(H,14,16)(H,15,17). The molecule has 0 spiro atoms. The highest BCUT2D eigenvalue weighted by Crippen LogP contribution is 2.13. The van der Waals surface area contributed by atoms with Gasteiger partial charge in [0.2, 0.25) is 5.91 Å². The van der Waals surface area contributed by atoms with Crippen LogP contribution in [0.25, 0.3) is 0 Å². The number of carbonyl (C=O) groups is 2. The van der Waals surface area contributed by atoms with Gasteiger partial charge in [0.25, 0.3) is 5.91 Å². The predicted molar refractivity (Wildman–Crippen MR) is 66.6 cm³/mol. The van der Waals surface area contributed by atoms with Crippen LogP contribution < -0.4 is 10.6 Å². The third-order valence-electron chi connectivity index (χ3n) is 2.00. The molecule has 1 heterocycles. The van der Waals surface area contributed by atoms with E-state index in [1.54, 1.807) is 18.2 Å². The van der Waals surface area contributed by atoms with Gasteiger partial charge in [-0.3, -0.25) is 9.59 Å². The summed E-state index contributed by atoms with van der Waals surface area (Å²) in [5.74, 6) is -0.377. The Hall–Kier alpha value is -1.81. The van der Waals surface area contributed by atoms with Gasteiger partial charge in [0, 0.05) is 13.1 Å². The first-order chi connectivity index (χ1) is 8.63. The summed E-state index contributed by atoms with van der Waals surface area (Å²) in [6.07, 6.45) is 0.442. The molecule has 0 radical (unpaired) electrons. The summed E-state index contributed by atoms with van der Waals surface area (Å²) in [6.45, 7) is 0.840. The summed E-state index contributed by atoms with van der Waals surface area (Å²) >= 11 is 3.10. The molecule has 0 aliphatic carbocycles. The third kappa shape index (κ3) is 5.01. The summed E-state index contributed by atoms with van der Waals surface area (Å²) < 4.78 is 5.57. The Labute approximate surface area is 112 Å². The van der Waals surface area contributed by atoms with E-state index < -0.39 is 0 Å². The van der Waals surface area contributed by atoms with E-state index in [0.717, 1.165) is 0 Å². The van der Waals surface area contributed by atoms with Crippen LogP contribution in [0, 0.1) is 11.3 Å². The number of nitrogens with one attached hydrogen (secondary N) is 2. The van der Waals surface area contributed by atoms with Crippen LogP contribution in [0.3, 0.4) is 0 Å². The highest BCUT2D eigenvalue weighted by atomic mass is 79.9. The molecule has 0 atom stereocenters. The van der Waals surface area contributed by atoms with E-state index in [1.807, 2.05) is 0 Å². The Balaban J connectivity index is 2.13. The van der Waals surface area contributed by atoms with E-state index in [-0.39, 0.29) is 24.0 Å². The molecule has 2 N–H and O–H groups in total. The van der Waals surface area contributed by atoms with Crippen molar-refractivity contribution in [2.45, 2.75) is 12.8 Å². The van der Waals surface area contributed by atoms with Crippen molar-refractivity contribution in [3.05, 3.63) is 22.6 Å². The van der Waals surface area contributed by atoms with Crippen molar-refractivity contribution >= 4 is 27.7 Å². The van der Waals surface area contributed by atoms with E-state index in [9.17, 15) is 9.59 Å². The van der Waals surface area contributed by atoms with Gasteiger partial charge < -0.3 is 15.1 Å². The molecule has 6 nitrogen and oxygen atoms in total. The molecule has 0 unspecified atom stereocenters. The SMILES string of the molecule is N#CCC(=O)NCCCNC(=O)c1ccc(Br)o1. The normalized spacial score (nSPS) is 9.56. The maximum Gasteiger partial charge on any atom is 0.287 e. The first-order valence-corrected chi connectivity index (χ1v) is 6.10. The van der Waals surface area contributed by atoms with Gasteiger partial charge >= 0.3 is 0 Å². The lowest BCUT2D eigenvalue weighted by Crippen LogP contribution is -2.29. The molecule has 1 rings (SSSR count). The maximum atomic E-state index is 11.5. The number of furan rings is 1. The zero-order valence-corrected chi connectivity index (χ0v) is 11.1. The average Bonchev–Trinajstić information content (AvgIpc) is 2.75. The average molecular weight is 314 g/mol. The Morgan fingerprint density at radius 1 is 1.33 bits per heavy atom. The zero-order valence-electron chi connectivity index (χ0n) is 9.53. The van der Waals surface area contributed by atoms with E-state index >= 15 is 0 Å². The number of carbonyl (C=O) groups excluding carboxylic acids is 2. The monoisotopic (exact) mass is 313 g/mol. The number of hydrogen-bond donors (Lipinski definition) is 2. The molecule has 0 saturated carbocycles. The van der Waals surface area contributed by atoms with Gasteiger partial charge in [-0.15, -0.1) is 0 Å².